The molecule has 0 radical (unpaired) electrons. The molecule has 428 valence electrons. The number of alkyl halides is 2. The Morgan fingerprint density at radius 1 is 0.864 bits per heavy atom. The second-order valence-corrected chi connectivity index (χ2v) is 25.4. The molecule has 4 aromatic carbocycles. The largest absolute Gasteiger partial charge is 0.399 e. The Balaban J connectivity index is 0.805. The molecule has 4 N–H and O–H groups in total. The first-order chi connectivity index (χ1) is 38.5. The number of imide groups is 1. The first-order valence-electron chi connectivity index (χ1n) is 27.3. The number of amides is 7. The number of piperidine rings is 1. The quantitative estimate of drug-likeness (QED) is 0.0411. The van der Waals surface area contributed by atoms with Crippen LogP contribution < -0.4 is 10.6 Å². The fourth-order valence-electron chi connectivity index (χ4n) is 11.5. The number of hydrogen-bond donors (Lipinski definition) is 4. The summed E-state index contributed by atoms with van der Waals surface area (Å²) < 4.78 is 54.1. The average molecular weight is 1150 g/mol. The summed E-state index contributed by atoms with van der Waals surface area (Å²) in [4.78, 5) is 121. The van der Waals surface area contributed by atoms with Crippen LogP contribution in [-0.2, 0) is 75.1 Å². The molecule has 5 aliphatic heterocycles. The predicted molar refractivity (Wildman–Crippen MR) is 295 cm³/mol. The lowest BCUT2D eigenvalue weighted by molar-refractivity contribution is -0.149. The molecule has 0 saturated carbocycles. The lowest BCUT2D eigenvalue weighted by Gasteiger charge is -2.37. The van der Waals surface area contributed by atoms with Crippen LogP contribution in [0.1, 0.15) is 131 Å². The number of carbonyl (C=O) groups excluding carboxylic acids is 7. The van der Waals surface area contributed by atoms with Gasteiger partial charge in [0.1, 0.15) is 24.2 Å². The molecule has 10 rings (SSSR count). The molecule has 6 heterocycles. The predicted octanol–water partition coefficient (Wildman–Crippen LogP) is 7.22. The SMILES string of the molecule is CC(C)(C)c1ccc(CC(NC(=O)c2cc3cc(C(F)(F)P(=O)(O)O)ccc3s2)C(=O)N2C[C@@H](OCCCCCC(=O)N3Cc4cc5c(cc4C3)C(=O)N(C3CCC(=O)NC3=O)C5)C[C@H]2C(=O)N2CCO[C@H](c3ccccc3)C2)cc1. The summed E-state index contributed by atoms with van der Waals surface area (Å²) in [6.45, 7) is 8.37. The second kappa shape index (κ2) is 23.3. The van der Waals surface area contributed by atoms with Crippen LogP contribution in [0.5, 0.6) is 0 Å². The van der Waals surface area contributed by atoms with Crippen molar-refractivity contribution in [1.82, 2.24) is 30.2 Å². The molecule has 1 aromatic heterocycles. The number of carbonyl (C=O) groups is 7. The van der Waals surface area contributed by atoms with Crippen molar-refractivity contribution >= 4 is 70.4 Å². The van der Waals surface area contributed by atoms with E-state index in [0.29, 0.717) is 49.0 Å². The van der Waals surface area contributed by atoms with Crippen LogP contribution in [0.4, 0.5) is 8.78 Å². The van der Waals surface area contributed by atoms with E-state index in [-0.39, 0.29) is 104 Å². The van der Waals surface area contributed by atoms with E-state index in [9.17, 15) is 51.9 Å². The number of hydrogen-bond acceptors (Lipinski definition) is 11. The zero-order valence-electron chi connectivity index (χ0n) is 45.2. The zero-order chi connectivity index (χ0) is 57.5. The molecule has 7 amide bonds. The molecule has 0 spiro atoms. The standard InChI is InChI=1S/C59H65F2N6O12PS/c1-58(2,3)41-15-13-35(14-16-41)24-45(62-54(71)50-28-37-26-42(17-19-49(37)81-50)59(60,61)80(75,76)77)56(73)67-33-43(29-47(67)57(74)64-21-23-79-48(34-64)36-10-6-4-7-11-36)78-22-9-5-8-12-52(69)65-30-38-25-40-32-66(46-18-20-51(68)63-53(46)70)55(72)44(40)27-39(38)31-65/h4,6-7,10-11,13-17,19,25-28,43,45-48H,5,8-9,12,18,20-24,29-34H2,1-3H3,(H,62,71)(H,63,68,70)(H2,75,76,77)/t43-,45?,46?,47-,48-/m0/s1. The van der Waals surface area contributed by atoms with Gasteiger partial charge in [-0.3, -0.25) is 43.4 Å². The number of ether oxygens (including phenoxy) is 2. The van der Waals surface area contributed by atoms with Crippen LogP contribution in [-0.4, -0.2) is 128 Å². The van der Waals surface area contributed by atoms with Gasteiger partial charge in [0.25, 0.3) is 11.8 Å². The van der Waals surface area contributed by atoms with Crippen molar-refractivity contribution in [3.05, 3.63) is 140 Å². The summed E-state index contributed by atoms with van der Waals surface area (Å²) in [5.41, 5.74) is 0.261. The van der Waals surface area contributed by atoms with Gasteiger partial charge in [-0.2, -0.15) is 8.78 Å². The van der Waals surface area contributed by atoms with Gasteiger partial charge in [-0.25, -0.2) is 0 Å². The minimum Gasteiger partial charge on any atom is -0.376 e. The number of fused-ring (bicyclic) bond motifs is 3. The molecule has 18 nitrogen and oxygen atoms in total. The van der Waals surface area contributed by atoms with E-state index in [1.54, 1.807) is 9.80 Å². The van der Waals surface area contributed by atoms with Gasteiger partial charge >= 0.3 is 13.3 Å². The van der Waals surface area contributed by atoms with Crippen LogP contribution in [0.15, 0.2) is 91.0 Å². The summed E-state index contributed by atoms with van der Waals surface area (Å²) in [6, 6.07) is 22.5. The monoisotopic (exact) mass is 1150 g/mol. The van der Waals surface area contributed by atoms with Gasteiger partial charge in [0.15, 0.2) is 0 Å². The topological polar surface area (TPSA) is 232 Å². The molecule has 81 heavy (non-hydrogen) atoms. The van der Waals surface area contributed by atoms with Gasteiger partial charge in [-0.05, 0) is 87.7 Å². The lowest BCUT2D eigenvalue weighted by Crippen LogP contribution is -2.56. The van der Waals surface area contributed by atoms with E-state index in [1.165, 1.54) is 21.9 Å². The highest BCUT2D eigenvalue weighted by molar-refractivity contribution is 7.52. The van der Waals surface area contributed by atoms with Gasteiger partial charge < -0.3 is 44.2 Å². The fourth-order valence-corrected chi connectivity index (χ4v) is 12.9. The molecule has 3 saturated heterocycles. The molecular formula is C59H65F2N6O12PS. The Morgan fingerprint density at radius 3 is 2.31 bits per heavy atom. The molecule has 2 unspecified atom stereocenters. The van der Waals surface area contributed by atoms with Crippen LogP contribution in [0.25, 0.3) is 10.1 Å². The van der Waals surface area contributed by atoms with E-state index >= 15 is 4.79 Å². The summed E-state index contributed by atoms with van der Waals surface area (Å²) in [5.74, 6) is -2.61. The third-order valence-corrected chi connectivity index (χ3v) is 18.1. The molecular weight excluding hydrogens is 1090 g/mol. The molecule has 0 aliphatic carbocycles. The highest BCUT2D eigenvalue weighted by Gasteiger charge is 2.51. The number of halogens is 2. The van der Waals surface area contributed by atoms with Gasteiger partial charge in [0.2, 0.25) is 29.5 Å². The third-order valence-electron chi connectivity index (χ3n) is 16.0. The maximum atomic E-state index is 15.2. The smallest absolute Gasteiger partial charge is 0.376 e. The van der Waals surface area contributed by atoms with Gasteiger partial charge in [-0.1, -0.05) is 93.9 Å². The van der Waals surface area contributed by atoms with Crippen LogP contribution >= 0.6 is 18.9 Å². The first-order valence-corrected chi connectivity index (χ1v) is 29.8. The van der Waals surface area contributed by atoms with Crippen molar-refractivity contribution < 1.29 is 66.2 Å². The molecule has 5 aromatic rings. The summed E-state index contributed by atoms with van der Waals surface area (Å²) in [5, 5.41) is 5.38. The summed E-state index contributed by atoms with van der Waals surface area (Å²) in [6.07, 6.45) is 1.82. The van der Waals surface area contributed by atoms with Crippen molar-refractivity contribution in [2.24, 2.45) is 0 Å². The molecule has 5 aliphatic rings. The van der Waals surface area contributed by atoms with E-state index in [4.69, 9.17) is 9.47 Å². The number of benzene rings is 4. The Kier molecular flexibility index (Phi) is 16.5. The highest BCUT2D eigenvalue weighted by Crippen LogP contribution is 2.59. The number of rotatable bonds is 17. The van der Waals surface area contributed by atoms with Crippen LogP contribution in [0.2, 0.25) is 0 Å². The molecule has 0 bridgehead atoms. The van der Waals surface area contributed by atoms with Crippen molar-refractivity contribution in [2.75, 3.05) is 32.8 Å². The number of thiophene rings is 1. The highest BCUT2D eigenvalue weighted by atomic mass is 32.1. The van der Waals surface area contributed by atoms with Crippen LogP contribution in [0.3, 0.4) is 0 Å². The normalized spacial score (nSPS) is 20.9. The Labute approximate surface area is 471 Å². The average Bonchev–Trinajstić information content (AvgIpc) is 4.46. The Bertz CT molecular complexity index is 3330. The second-order valence-electron chi connectivity index (χ2n) is 22.7. The molecule has 5 atom stereocenters. The van der Waals surface area contributed by atoms with E-state index in [0.717, 1.165) is 56.9 Å². The summed E-state index contributed by atoms with van der Waals surface area (Å²) >= 11 is 0.962. The Morgan fingerprint density at radius 2 is 1.59 bits per heavy atom. The van der Waals surface area contributed by atoms with E-state index < -0.39 is 66.9 Å². The van der Waals surface area contributed by atoms with E-state index in [1.807, 2.05) is 66.7 Å². The number of likely N-dealkylation sites (tertiary alicyclic amines) is 1. The fraction of sp³-hybridized carbons (Fsp3) is 0.441. The number of nitrogens with one attached hydrogen (secondary N) is 2. The number of nitrogens with zero attached hydrogens (tertiary/aromatic N) is 4. The van der Waals surface area contributed by atoms with E-state index in [2.05, 4.69) is 31.4 Å². The molecule has 22 heteroatoms. The van der Waals surface area contributed by atoms with Crippen molar-refractivity contribution in [3.8, 4) is 0 Å². The minimum atomic E-state index is -5.87. The van der Waals surface area contributed by atoms with Crippen molar-refractivity contribution in [3.63, 3.8) is 0 Å². The maximum absolute atomic E-state index is 15.2. The summed E-state index contributed by atoms with van der Waals surface area (Å²) in [7, 11) is -5.87. The number of morpholine rings is 1. The van der Waals surface area contributed by atoms with Crippen LogP contribution in [0, 0.1) is 0 Å². The number of unbranched alkanes of at least 4 members (excludes halogenated alkanes) is 2. The van der Waals surface area contributed by atoms with Crippen molar-refractivity contribution in [2.45, 2.75) is 133 Å². The maximum Gasteiger partial charge on any atom is 0.399 e. The molecule has 3 fully saturated rings. The first kappa shape index (κ1) is 57.5. The lowest BCUT2D eigenvalue weighted by atomic mass is 9.86. The third kappa shape index (κ3) is 12.4. The van der Waals surface area contributed by atoms with Crippen molar-refractivity contribution in [1.29, 1.82) is 0 Å². The van der Waals surface area contributed by atoms with Gasteiger partial charge in [0.05, 0.1) is 24.1 Å². The Hall–Kier alpha value is -6.74. The minimum absolute atomic E-state index is 0.0243. The zero-order valence-corrected chi connectivity index (χ0v) is 46.9. The van der Waals surface area contributed by atoms with Gasteiger partial charge in [0, 0.05) is 80.8 Å². The van der Waals surface area contributed by atoms with Gasteiger partial charge in [-0.15, -0.1) is 11.3 Å².